The van der Waals surface area contributed by atoms with Crippen molar-refractivity contribution >= 4 is 63.9 Å². The number of aryl methyl sites for hydroxylation is 3. The molecule has 0 atom stereocenters. The Hall–Kier alpha value is -6.55. The van der Waals surface area contributed by atoms with Crippen LogP contribution in [0.3, 0.4) is 0 Å². The van der Waals surface area contributed by atoms with Gasteiger partial charge in [-0.2, -0.15) is 15.0 Å². The van der Waals surface area contributed by atoms with Crippen LogP contribution in [-0.4, -0.2) is 47.3 Å². The predicted molar refractivity (Wildman–Crippen MR) is 183 cm³/mol. The Labute approximate surface area is 276 Å². The van der Waals surface area contributed by atoms with Crippen molar-refractivity contribution in [3.63, 3.8) is 0 Å². The zero-order valence-corrected chi connectivity index (χ0v) is 26.5. The molecule has 6 rings (SSSR count). The zero-order chi connectivity index (χ0) is 33.3. The van der Waals surface area contributed by atoms with Gasteiger partial charge in [0.2, 0.25) is 23.8 Å². The van der Waals surface area contributed by atoms with E-state index in [2.05, 4.69) is 61.7 Å². The number of imidazole rings is 2. The van der Waals surface area contributed by atoms with E-state index in [0.717, 1.165) is 34.4 Å². The van der Waals surface area contributed by atoms with Crippen molar-refractivity contribution in [2.24, 2.45) is 41.6 Å². The van der Waals surface area contributed by atoms with E-state index in [1.165, 1.54) is 0 Å². The number of aromatic nitrogens is 7. The highest BCUT2D eigenvalue weighted by molar-refractivity contribution is 5.66. The second kappa shape index (κ2) is 14.7. The fourth-order valence-electron chi connectivity index (χ4n) is 4.40. The third-order valence-electron chi connectivity index (χ3n) is 6.90. The van der Waals surface area contributed by atoms with E-state index >= 15 is 0 Å². The van der Waals surface area contributed by atoms with E-state index in [1.807, 2.05) is 122 Å². The van der Waals surface area contributed by atoms with Gasteiger partial charge in [-0.1, -0.05) is 5.11 Å². The van der Waals surface area contributed by atoms with E-state index in [-0.39, 0.29) is 13.2 Å². The van der Waals surface area contributed by atoms with Gasteiger partial charge in [-0.15, -0.1) is 10.2 Å². The molecule has 0 unspecified atom stereocenters. The molecule has 0 saturated carbocycles. The highest BCUT2D eigenvalue weighted by atomic mass is 16.3. The van der Waals surface area contributed by atoms with E-state index in [1.54, 1.807) is 10.8 Å². The number of nitrogens with zero attached hydrogens (tertiary/aromatic N) is 11. The first-order valence-corrected chi connectivity index (χ1v) is 15.0. The smallest absolute Gasteiger partial charge is 0.395 e. The summed E-state index contributed by atoms with van der Waals surface area (Å²) >= 11 is 0. The third-order valence-corrected chi connectivity index (χ3v) is 6.90. The van der Waals surface area contributed by atoms with Gasteiger partial charge in [0.05, 0.1) is 38.8 Å². The maximum absolute atomic E-state index is 9.31. The Bertz CT molecular complexity index is 2000. The molecule has 16 heteroatoms. The van der Waals surface area contributed by atoms with Gasteiger partial charge in [-0.3, -0.25) is 0 Å². The molecule has 0 bridgehead atoms. The zero-order valence-electron chi connectivity index (χ0n) is 26.5. The molecule has 0 saturated heterocycles. The summed E-state index contributed by atoms with van der Waals surface area (Å²) in [6, 6.07) is 22.8. The molecule has 0 spiro atoms. The third kappa shape index (κ3) is 8.18. The number of aliphatic hydroxyl groups excluding tert-OH is 1. The molecule has 0 fully saturated rings. The minimum absolute atomic E-state index is 0.0691. The number of anilines is 7. The van der Waals surface area contributed by atoms with Crippen LogP contribution < -0.4 is 25.8 Å². The molecule has 0 aliphatic carbocycles. The summed E-state index contributed by atoms with van der Waals surface area (Å²) < 4.78 is 5.57. The number of benzene rings is 3. The van der Waals surface area contributed by atoms with Crippen molar-refractivity contribution in [2.75, 3.05) is 34.4 Å². The Balaban J connectivity index is 1.09. The highest BCUT2D eigenvalue weighted by Crippen LogP contribution is 2.25. The molecular weight excluding hydrogens is 610 g/mol. The second-order valence-corrected chi connectivity index (χ2v) is 10.6. The van der Waals surface area contributed by atoms with Gasteiger partial charge in [-0.05, 0) is 72.8 Å². The van der Waals surface area contributed by atoms with E-state index in [0.29, 0.717) is 29.5 Å². The number of aliphatic hydroxyl groups is 1. The highest BCUT2D eigenvalue weighted by Gasteiger charge is 2.11. The van der Waals surface area contributed by atoms with Crippen molar-refractivity contribution in [1.82, 2.24) is 29.1 Å². The van der Waals surface area contributed by atoms with Crippen LogP contribution in [0.15, 0.2) is 118 Å². The van der Waals surface area contributed by atoms with Crippen LogP contribution >= 0.6 is 0 Å². The van der Waals surface area contributed by atoms with Gasteiger partial charge in [0, 0.05) is 53.8 Å². The second-order valence-electron chi connectivity index (χ2n) is 10.6. The van der Waals surface area contributed by atoms with Crippen molar-refractivity contribution in [2.45, 2.75) is 0 Å². The fraction of sp³-hybridized carbons (Fsp3) is 0.156. The minimum atomic E-state index is -0.0691. The van der Waals surface area contributed by atoms with Gasteiger partial charge in [-0.25, -0.2) is 14.1 Å². The van der Waals surface area contributed by atoms with Crippen LogP contribution in [0.4, 0.5) is 63.9 Å². The number of nitrogens with one attached hydrogen (secondary N) is 4. The molecule has 0 radical (unpaired) electrons. The van der Waals surface area contributed by atoms with Gasteiger partial charge in [0.25, 0.3) is 0 Å². The number of hydrogen-bond acceptors (Lipinski definition) is 13. The first kappa shape index (κ1) is 31.4. The topological polar surface area (TPSA) is 183 Å². The van der Waals surface area contributed by atoms with Gasteiger partial charge in [0.1, 0.15) is 5.69 Å². The average Bonchev–Trinajstić information content (AvgIpc) is 3.66. The largest absolute Gasteiger partial charge is 0.421 e. The summed E-state index contributed by atoms with van der Waals surface area (Å²) in [5.74, 6) is 2.22. The monoisotopic (exact) mass is 644 g/mol. The van der Waals surface area contributed by atoms with Crippen LogP contribution in [0.5, 0.6) is 0 Å². The summed E-state index contributed by atoms with van der Waals surface area (Å²) in [6.07, 6.45) is 7.32. The Morgan fingerprint density at radius 1 is 0.646 bits per heavy atom. The summed E-state index contributed by atoms with van der Waals surface area (Å²) in [6.45, 7) is 0.218. The first-order chi connectivity index (χ1) is 23.4. The molecule has 0 aliphatic rings. The van der Waals surface area contributed by atoms with Crippen molar-refractivity contribution in [3.8, 4) is 0 Å². The van der Waals surface area contributed by atoms with Crippen LogP contribution in [-0.2, 0) is 21.1 Å². The summed E-state index contributed by atoms with van der Waals surface area (Å²) in [5.41, 5.74) is 4.75. The normalized spacial score (nSPS) is 11.3. The lowest BCUT2D eigenvalue weighted by molar-refractivity contribution is -0.657. The van der Waals surface area contributed by atoms with Crippen molar-refractivity contribution in [3.05, 3.63) is 97.6 Å². The fourth-order valence-corrected chi connectivity index (χ4v) is 4.40. The van der Waals surface area contributed by atoms with E-state index < -0.39 is 0 Å². The summed E-state index contributed by atoms with van der Waals surface area (Å²) in [7, 11) is 5.69. The Morgan fingerprint density at radius 3 is 1.67 bits per heavy atom. The van der Waals surface area contributed by atoms with Crippen LogP contribution in [0.2, 0.25) is 0 Å². The molecule has 6 aromatic rings. The molecule has 3 heterocycles. The molecule has 3 aromatic carbocycles. The van der Waals surface area contributed by atoms with E-state index in [9.17, 15) is 5.11 Å². The van der Waals surface area contributed by atoms with Crippen molar-refractivity contribution in [1.29, 1.82) is 0 Å². The number of azo groups is 2. The first-order valence-electron chi connectivity index (χ1n) is 15.0. The lowest BCUT2D eigenvalue weighted by Crippen LogP contribution is -2.25. The van der Waals surface area contributed by atoms with Crippen molar-refractivity contribution < 1.29 is 9.67 Å². The standard InChI is InChI=1S/C32H33N15O/c1-45-18-16-34-31(45)43-41-26-12-8-23(9-13-26)35-22-4-6-24(7-5-22)36-29-38-28(33-17-21-48)39-30(40-29)37-25-10-14-27(15-11-25)42-44-32-46(2)19-20-47(32)3/h4-16,18-20,48H,17,21H2,1-3H3,(H3,33,34,35,36,37,38,39,40,41,42,43)/p+1. The van der Waals surface area contributed by atoms with Crippen LogP contribution in [0.25, 0.3) is 0 Å². The SMILES string of the molecule is Cn1ccnc1N=Nc1ccc(Nc2ccc(Nc3nc(NCCO)nc(Nc4ccc(N=Nc5n(C)cc[n+]5C)cc4)n3)cc2)cc1. The number of rotatable bonds is 13. The lowest BCUT2D eigenvalue weighted by atomic mass is 10.2. The van der Waals surface area contributed by atoms with Gasteiger partial charge in [0.15, 0.2) is 0 Å². The predicted octanol–water partition coefficient (Wildman–Crippen LogP) is 6.23. The molecule has 242 valence electrons. The molecule has 0 amide bonds. The Kier molecular flexibility index (Phi) is 9.62. The molecule has 0 aliphatic heterocycles. The molecule has 3 aromatic heterocycles. The van der Waals surface area contributed by atoms with Crippen LogP contribution in [0, 0.1) is 0 Å². The van der Waals surface area contributed by atoms with Gasteiger partial charge >= 0.3 is 5.95 Å². The summed E-state index contributed by atoms with van der Waals surface area (Å²) in [4.78, 5) is 17.6. The van der Waals surface area contributed by atoms with E-state index in [4.69, 9.17) is 0 Å². The molecular formula is C32H34N15O+. The maximum atomic E-state index is 9.31. The van der Waals surface area contributed by atoms with Gasteiger partial charge < -0.3 is 30.9 Å². The average molecular weight is 645 g/mol. The molecule has 48 heavy (non-hydrogen) atoms. The maximum Gasteiger partial charge on any atom is 0.421 e. The quantitative estimate of drug-likeness (QED) is 0.0718. The molecule has 5 N–H and O–H groups in total. The number of hydrogen-bond donors (Lipinski definition) is 5. The Morgan fingerprint density at radius 2 is 1.17 bits per heavy atom. The van der Waals surface area contributed by atoms with Crippen LogP contribution in [0.1, 0.15) is 0 Å². The molecule has 16 nitrogen and oxygen atoms in total. The summed E-state index contributed by atoms with van der Waals surface area (Å²) in [5, 5.41) is 39.2. The minimum Gasteiger partial charge on any atom is -0.395 e. The lowest BCUT2D eigenvalue weighted by Gasteiger charge is -2.12.